The van der Waals surface area contributed by atoms with Crippen LogP contribution < -0.4 is 11.1 Å². The van der Waals surface area contributed by atoms with E-state index in [1.807, 2.05) is 43.3 Å². The summed E-state index contributed by atoms with van der Waals surface area (Å²) in [6.07, 6.45) is 5.23. The lowest BCUT2D eigenvalue weighted by Gasteiger charge is -2.08. The number of anilines is 3. The van der Waals surface area contributed by atoms with E-state index in [4.69, 9.17) is 5.73 Å². The molecule has 0 amide bonds. The number of aromatic nitrogens is 3. The molecular weight excluding hydrogens is 262 g/mol. The Hall–Kier alpha value is -2.95. The number of nitrogen functional groups attached to an aromatic ring is 1. The smallest absolute Gasteiger partial charge is 0.227 e. The van der Waals surface area contributed by atoms with Gasteiger partial charge in [0.2, 0.25) is 5.95 Å². The number of nitrogens with one attached hydrogen (secondary N) is 1. The molecule has 0 saturated carbocycles. The Balaban J connectivity index is 1.90. The number of hydrogen-bond acceptors (Lipinski definition) is 5. The second kappa shape index (κ2) is 5.58. The lowest BCUT2D eigenvalue weighted by Crippen LogP contribution is -1.99. The fourth-order valence-electron chi connectivity index (χ4n) is 2.11. The Morgan fingerprint density at radius 2 is 2.00 bits per heavy atom. The van der Waals surface area contributed by atoms with Gasteiger partial charge in [-0.2, -0.15) is 0 Å². The minimum Gasteiger partial charge on any atom is -0.399 e. The monoisotopic (exact) mass is 277 g/mol. The van der Waals surface area contributed by atoms with Crippen LogP contribution in [-0.2, 0) is 0 Å². The van der Waals surface area contributed by atoms with Crippen LogP contribution >= 0.6 is 0 Å². The van der Waals surface area contributed by atoms with Crippen molar-refractivity contribution in [2.45, 2.75) is 6.92 Å². The van der Waals surface area contributed by atoms with Crippen molar-refractivity contribution >= 4 is 17.3 Å². The minimum atomic E-state index is 0.529. The first kappa shape index (κ1) is 13.1. The molecule has 21 heavy (non-hydrogen) atoms. The highest BCUT2D eigenvalue weighted by molar-refractivity contribution is 5.64. The fraction of sp³-hybridized carbons (Fsp3) is 0.0625. The highest BCUT2D eigenvalue weighted by Gasteiger charge is 2.03. The first-order valence-electron chi connectivity index (χ1n) is 6.58. The van der Waals surface area contributed by atoms with Crippen LogP contribution in [0.25, 0.3) is 11.3 Å². The molecule has 5 heteroatoms. The van der Waals surface area contributed by atoms with Gasteiger partial charge in [-0.1, -0.05) is 0 Å². The summed E-state index contributed by atoms with van der Waals surface area (Å²) in [5, 5.41) is 3.17. The third-order valence-electron chi connectivity index (χ3n) is 2.97. The molecule has 0 radical (unpaired) electrons. The van der Waals surface area contributed by atoms with Crippen LogP contribution in [0.15, 0.2) is 55.0 Å². The predicted molar refractivity (Wildman–Crippen MR) is 84.1 cm³/mol. The molecule has 3 rings (SSSR count). The van der Waals surface area contributed by atoms with E-state index in [0.29, 0.717) is 11.6 Å². The largest absolute Gasteiger partial charge is 0.399 e. The molecule has 0 fully saturated rings. The van der Waals surface area contributed by atoms with Crippen molar-refractivity contribution in [3.63, 3.8) is 0 Å². The molecule has 3 N–H and O–H groups in total. The van der Waals surface area contributed by atoms with Crippen LogP contribution in [0.1, 0.15) is 5.56 Å². The molecule has 0 aliphatic carbocycles. The topological polar surface area (TPSA) is 76.7 Å². The Morgan fingerprint density at radius 1 is 1.10 bits per heavy atom. The molecule has 1 aromatic carbocycles. The summed E-state index contributed by atoms with van der Waals surface area (Å²) in [6.45, 7) is 1.99. The van der Waals surface area contributed by atoms with E-state index in [1.54, 1.807) is 18.6 Å². The molecule has 0 aliphatic heterocycles. The van der Waals surface area contributed by atoms with Gasteiger partial charge in [0.15, 0.2) is 0 Å². The van der Waals surface area contributed by atoms with Gasteiger partial charge in [0.05, 0.1) is 5.69 Å². The molecule has 5 nitrogen and oxygen atoms in total. The molecule has 104 valence electrons. The summed E-state index contributed by atoms with van der Waals surface area (Å²) in [6, 6.07) is 11.5. The maximum atomic E-state index is 5.84. The Morgan fingerprint density at radius 3 is 2.76 bits per heavy atom. The van der Waals surface area contributed by atoms with Gasteiger partial charge in [0.25, 0.3) is 0 Å². The number of hydrogen-bond donors (Lipinski definition) is 2. The van der Waals surface area contributed by atoms with Gasteiger partial charge < -0.3 is 11.1 Å². The number of aryl methyl sites for hydroxylation is 1. The van der Waals surface area contributed by atoms with Gasteiger partial charge in [0, 0.05) is 35.5 Å². The Kier molecular flexibility index (Phi) is 3.47. The molecule has 0 bridgehead atoms. The van der Waals surface area contributed by atoms with Crippen molar-refractivity contribution in [2.24, 2.45) is 0 Å². The standard InChI is InChI=1S/C16H15N5/c1-11-7-13(17)9-14(8-11)20-16-19-6-4-15(21-16)12-3-2-5-18-10-12/h2-10H,17H2,1H3,(H,19,20,21). The summed E-state index contributed by atoms with van der Waals surface area (Å²) in [7, 11) is 0. The number of nitrogens with two attached hydrogens (primary N) is 1. The van der Waals surface area contributed by atoms with Crippen molar-refractivity contribution in [2.75, 3.05) is 11.1 Å². The second-order valence-corrected chi connectivity index (χ2v) is 4.76. The van der Waals surface area contributed by atoms with Crippen LogP contribution in [0.2, 0.25) is 0 Å². The summed E-state index contributed by atoms with van der Waals surface area (Å²) < 4.78 is 0. The zero-order valence-electron chi connectivity index (χ0n) is 11.6. The molecule has 0 spiro atoms. The van der Waals surface area contributed by atoms with Gasteiger partial charge in [-0.15, -0.1) is 0 Å². The van der Waals surface area contributed by atoms with E-state index in [2.05, 4.69) is 20.3 Å². The van der Waals surface area contributed by atoms with E-state index >= 15 is 0 Å². The minimum absolute atomic E-state index is 0.529. The summed E-state index contributed by atoms with van der Waals surface area (Å²) >= 11 is 0. The highest BCUT2D eigenvalue weighted by Crippen LogP contribution is 2.21. The SMILES string of the molecule is Cc1cc(N)cc(Nc2nccc(-c3cccnc3)n2)c1. The Bertz CT molecular complexity index is 735. The molecule has 2 heterocycles. The van der Waals surface area contributed by atoms with Gasteiger partial charge in [-0.3, -0.25) is 4.98 Å². The molecule has 0 unspecified atom stereocenters. The van der Waals surface area contributed by atoms with Crippen molar-refractivity contribution in [1.82, 2.24) is 15.0 Å². The third-order valence-corrected chi connectivity index (χ3v) is 2.97. The van der Waals surface area contributed by atoms with Gasteiger partial charge in [0.1, 0.15) is 0 Å². The second-order valence-electron chi connectivity index (χ2n) is 4.76. The highest BCUT2D eigenvalue weighted by atomic mass is 15.1. The van der Waals surface area contributed by atoms with Crippen LogP contribution in [0.3, 0.4) is 0 Å². The van der Waals surface area contributed by atoms with Crippen molar-refractivity contribution in [3.05, 3.63) is 60.6 Å². The molecule has 0 atom stereocenters. The van der Waals surface area contributed by atoms with Crippen molar-refractivity contribution < 1.29 is 0 Å². The van der Waals surface area contributed by atoms with Gasteiger partial charge in [-0.05, 0) is 48.9 Å². The zero-order valence-corrected chi connectivity index (χ0v) is 11.6. The lowest BCUT2D eigenvalue weighted by atomic mass is 10.2. The van der Waals surface area contributed by atoms with Crippen LogP contribution in [0.4, 0.5) is 17.3 Å². The summed E-state index contributed by atoms with van der Waals surface area (Å²) in [5.74, 6) is 0.529. The van der Waals surface area contributed by atoms with E-state index in [1.165, 1.54) is 0 Å². The molecule has 3 aromatic rings. The van der Waals surface area contributed by atoms with E-state index in [9.17, 15) is 0 Å². The van der Waals surface area contributed by atoms with Crippen LogP contribution in [-0.4, -0.2) is 15.0 Å². The number of benzene rings is 1. The average Bonchev–Trinajstić information content (AvgIpc) is 2.47. The molecule has 0 saturated heterocycles. The van der Waals surface area contributed by atoms with Gasteiger partial charge in [-0.25, -0.2) is 9.97 Å². The molecule has 0 aliphatic rings. The molecule has 2 aromatic heterocycles. The summed E-state index contributed by atoms with van der Waals surface area (Å²) in [5.41, 5.74) is 10.3. The lowest BCUT2D eigenvalue weighted by molar-refractivity contribution is 1.16. The maximum absolute atomic E-state index is 5.84. The van der Waals surface area contributed by atoms with Crippen LogP contribution in [0, 0.1) is 6.92 Å². The fourth-order valence-corrected chi connectivity index (χ4v) is 2.11. The normalized spacial score (nSPS) is 10.3. The maximum Gasteiger partial charge on any atom is 0.227 e. The van der Waals surface area contributed by atoms with E-state index in [-0.39, 0.29) is 0 Å². The number of nitrogens with zero attached hydrogens (tertiary/aromatic N) is 3. The van der Waals surface area contributed by atoms with Gasteiger partial charge >= 0.3 is 0 Å². The summed E-state index contributed by atoms with van der Waals surface area (Å²) in [4.78, 5) is 12.8. The van der Waals surface area contributed by atoms with E-state index in [0.717, 1.165) is 22.5 Å². The number of rotatable bonds is 3. The first-order chi connectivity index (χ1) is 10.2. The van der Waals surface area contributed by atoms with E-state index < -0.39 is 0 Å². The number of pyridine rings is 1. The van der Waals surface area contributed by atoms with Crippen molar-refractivity contribution in [1.29, 1.82) is 0 Å². The predicted octanol–water partition coefficient (Wildman–Crippen LogP) is 3.17. The van der Waals surface area contributed by atoms with Crippen LogP contribution in [0.5, 0.6) is 0 Å². The third kappa shape index (κ3) is 3.14. The first-order valence-corrected chi connectivity index (χ1v) is 6.58. The quantitative estimate of drug-likeness (QED) is 0.719. The zero-order chi connectivity index (χ0) is 14.7. The molecular formula is C16H15N5. The van der Waals surface area contributed by atoms with Crippen molar-refractivity contribution in [3.8, 4) is 11.3 Å². The average molecular weight is 277 g/mol. The Labute approximate surface area is 122 Å².